The summed E-state index contributed by atoms with van der Waals surface area (Å²) in [6, 6.07) is 11.7. The molecule has 1 saturated heterocycles. The molecule has 1 aliphatic carbocycles. The van der Waals surface area contributed by atoms with E-state index in [1.807, 2.05) is 30.3 Å². The largest absolute Gasteiger partial charge is 0.380 e. The number of benzene rings is 1. The zero-order chi connectivity index (χ0) is 20.3. The predicted octanol–water partition coefficient (Wildman–Crippen LogP) is 3.21. The number of nitrogens with two attached hydrogens (primary N) is 1. The number of aromatic nitrogens is 1. The van der Waals surface area contributed by atoms with Gasteiger partial charge in [0.1, 0.15) is 0 Å². The number of nitrogens with one attached hydrogen (secondary N) is 2. The summed E-state index contributed by atoms with van der Waals surface area (Å²) in [5.41, 5.74) is 9.24. The van der Waals surface area contributed by atoms with Crippen LogP contribution in [0.25, 0.3) is 0 Å². The van der Waals surface area contributed by atoms with Gasteiger partial charge in [-0.25, -0.2) is 0 Å². The number of carbonyl (C=O) groups is 1. The lowest BCUT2D eigenvalue weighted by molar-refractivity contribution is -0.118. The van der Waals surface area contributed by atoms with Crippen LogP contribution in [0.2, 0.25) is 0 Å². The Balaban J connectivity index is 0.00000256. The number of amides is 1. The van der Waals surface area contributed by atoms with Crippen molar-refractivity contribution >= 4 is 24.0 Å². The number of halogens is 1. The molecule has 162 valence electrons. The second-order valence-corrected chi connectivity index (χ2v) is 8.31. The van der Waals surface area contributed by atoms with Gasteiger partial charge in [0.25, 0.3) is 0 Å². The topological polar surface area (TPSA) is 89.3 Å². The Kier molecular flexibility index (Phi) is 7.47. The van der Waals surface area contributed by atoms with E-state index in [1.165, 1.54) is 12.8 Å². The number of methoxy groups -OCH3 is 1. The third-order valence-electron chi connectivity index (χ3n) is 6.22. The molecule has 2 aliphatic rings. The number of carbonyl (C=O) groups excluding carboxylic acids is 1. The third-order valence-corrected chi connectivity index (χ3v) is 6.22. The van der Waals surface area contributed by atoms with Crippen molar-refractivity contribution in [1.29, 1.82) is 0 Å². The summed E-state index contributed by atoms with van der Waals surface area (Å²) in [6.45, 7) is 0.698. The minimum Gasteiger partial charge on any atom is -0.380 e. The molecular weight excluding hydrogens is 400 g/mol. The summed E-state index contributed by atoms with van der Waals surface area (Å²) >= 11 is 0. The summed E-state index contributed by atoms with van der Waals surface area (Å²) in [6.07, 6.45) is 8.94. The Morgan fingerprint density at radius 1 is 1.27 bits per heavy atom. The maximum absolute atomic E-state index is 12.7. The molecule has 0 radical (unpaired) electrons. The van der Waals surface area contributed by atoms with Crippen molar-refractivity contribution < 1.29 is 9.53 Å². The number of hydrogen-bond donors (Lipinski definition) is 3. The van der Waals surface area contributed by atoms with Gasteiger partial charge in [0.05, 0.1) is 17.7 Å². The Labute approximate surface area is 184 Å². The number of ether oxygens (including phenoxy) is 1. The van der Waals surface area contributed by atoms with Crippen molar-refractivity contribution in [2.45, 2.75) is 49.8 Å². The van der Waals surface area contributed by atoms with Crippen molar-refractivity contribution in [3.63, 3.8) is 0 Å². The molecule has 2 aromatic rings. The van der Waals surface area contributed by atoms with Crippen LogP contribution in [-0.4, -0.2) is 36.7 Å². The van der Waals surface area contributed by atoms with Crippen LogP contribution in [0.1, 0.15) is 43.2 Å². The maximum Gasteiger partial charge on any atom is 0.241 e. The van der Waals surface area contributed by atoms with E-state index >= 15 is 0 Å². The fraction of sp³-hybridized carbons (Fsp3) is 0.478. The molecule has 1 amide bonds. The first-order chi connectivity index (χ1) is 14.1. The molecule has 1 aromatic carbocycles. The average Bonchev–Trinajstić information content (AvgIpc) is 3.46. The molecule has 6 nitrogen and oxygen atoms in total. The summed E-state index contributed by atoms with van der Waals surface area (Å²) in [5, 5.41) is 6.26. The normalized spacial score (nSPS) is 22.7. The molecule has 4 N–H and O–H groups in total. The van der Waals surface area contributed by atoms with Gasteiger partial charge >= 0.3 is 0 Å². The zero-order valence-electron chi connectivity index (χ0n) is 17.3. The van der Waals surface area contributed by atoms with Gasteiger partial charge in [-0.15, -0.1) is 12.4 Å². The molecule has 4 rings (SSSR count). The minimum absolute atomic E-state index is 0. The molecule has 1 saturated carbocycles. The summed E-state index contributed by atoms with van der Waals surface area (Å²) in [4.78, 5) is 16.8. The highest BCUT2D eigenvalue weighted by Gasteiger charge is 2.33. The van der Waals surface area contributed by atoms with Crippen LogP contribution < -0.4 is 16.4 Å². The Bertz CT molecular complexity index is 846. The number of anilines is 1. The first-order valence-electron chi connectivity index (χ1n) is 10.5. The molecule has 2 heterocycles. The van der Waals surface area contributed by atoms with Crippen LogP contribution in [0.5, 0.6) is 0 Å². The number of pyridine rings is 1. The summed E-state index contributed by atoms with van der Waals surface area (Å²) in [7, 11) is 1.68. The maximum atomic E-state index is 12.7. The first-order valence-corrected chi connectivity index (χ1v) is 10.5. The van der Waals surface area contributed by atoms with Crippen LogP contribution in [0, 0.1) is 5.92 Å². The van der Waals surface area contributed by atoms with E-state index in [-0.39, 0.29) is 30.5 Å². The van der Waals surface area contributed by atoms with Crippen LogP contribution in [-0.2, 0) is 15.1 Å². The molecule has 30 heavy (non-hydrogen) atoms. The number of nitrogens with zero attached hydrogens (tertiary/aromatic N) is 1. The minimum atomic E-state index is -0.598. The van der Waals surface area contributed by atoms with Gasteiger partial charge in [-0.3, -0.25) is 9.78 Å². The van der Waals surface area contributed by atoms with E-state index in [0.29, 0.717) is 13.0 Å². The van der Waals surface area contributed by atoms with Gasteiger partial charge in [-0.2, -0.15) is 0 Å². The van der Waals surface area contributed by atoms with E-state index in [1.54, 1.807) is 19.5 Å². The van der Waals surface area contributed by atoms with Crippen LogP contribution in [0.15, 0.2) is 48.8 Å². The molecule has 1 aromatic heterocycles. The van der Waals surface area contributed by atoms with Gasteiger partial charge < -0.3 is 21.1 Å². The second kappa shape index (κ2) is 9.88. The van der Waals surface area contributed by atoms with Crippen LogP contribution in [0.3, 0.4) is 0 Å². The van der Waals surface area contributed by atoms with Crippen LogP contribution >= 0.6 is 12.4 Å². The zero-order valence-corrected chi connectivity index (χ0v) is 18.2. The second-order valence-electron chi connectivity index (χ2n) is 8.31. The Hall–Kier alpha value is -1.99. The molecule has 0 spiro atoms. The van der Waals surface area contributed by atoms with Crippen molar-refractivity contribution in [1.82, 2.24) is 10.3 Å². The van der Waals surface area contributed by atoms with Gasteiger partial charge in [-0.1, -0.05) is 25.0 Å². The van der Waals surface area contributed by atoms with E-state index in [4.69, 9.17) is 10.5 Å². The van der Waals surface area contributed by atoms with Gasteiger partial charge in [0.15, 0.2) is 0 Å². The first kappa shape index (κ1) is 22.7. The van der Waals surface area contributed by atoms with E-state index < -0.39 is 5.54 Å². The molecular formula is C23H31ClN4O2. The molecule has 1 unspecified atom stereocenters. The lowest BCUT2D eigenvalue weighted by Gasteiger charge is -2.31. The Morgan fingerprint density at radius 2 is 2.03 bits per heavy atom. The highest BCUT2D eigenvalue weighted by Crippen LogP contribution is 2.40. The van der Waals surface area contributed by atoms with Gasteiger partial charge in [-0.05, 0) is 60.6 Å². The predicted molar refractivity (Wildman–Crippen MR) is 121 cm³/mol. The molecule has 1 aliphatic heterocycles. The van der Waals surface area contributed by atoms with E-state index in [9.17, 15) is 4.79 Å². The summed E-state index contributed by atoms with van der Waals surface area (Å²) < 4.78 is 5.34. The van der Waals surface area contributed by atoms with Crippen molar-refractivity contribution in [3.05, 3.63) is 59.9 Å². The van der Waals surface area contributed by atoms with Crippen LogP contribution in [0.4, 0.5) is 5.69 Å². The molecule has 7 heteroatoms. The fourth-order valence-electron chi connectivity index (χ4n) is 4.13. The molecule has 0 bridgehead atoms. The van der Waals surface area contributed by atoms with Gasteiger partial charge in [0, 0.05) is 31.7 Å². The molecule has 2 fully saturated rings. The molecule has 3 atom stereocenters. The monoisotopic (exact) mass is 430 g/mol. The Morgan fingerprint density at radius 3 is 2.70 bits per heavy atom. The highest BCUT2D eigenvalue weighted by molar-refractivity contribution is 5.95. The van der Waals surface area contributed by atoms with E-state index in [0.717, 1.165) is 35.6 Å². The number of hydrogen-bond acceptors (Lipinski definition) is 5. The lowest BCUT2D eigenvalue weighted by Crippen LogP contribution is -2.38. The lowest BCUT2D eigenvalue weighted by atomic mass is 9.80. The van der Waals surface area contributed by atoms with Gasteiger partial charge in [0.2, 0.25) is 5.91 Å². The number of rotatable bonds is 8. The fourth-order valence-corrected chi connectivity index (χ4v) is 4.13. The van der Waals surface area contributed by atoms with E-state index in [2.05, 4.69) is 21.7 Å². The average molecular weight is 431 g/mol. The standard InChI is InChI=1S/C23H30N4O2.ClH/c1-29-20-14-21(26-15-20)22(28)27-19-4-2-3-18(13-19)23(24,10-7-16-5-6-16)17-8-11-25-12-9-17;/h2-4,8-9,11-13,16,20-21,26H,5-7,10,14-15,24H2,1H3,(H,27,28);1H/t20-,21-,23?;/m1./s1. The van der Waals surface area contributed by atoms with Crippen molar-refractivity contribution in [2.75, 3.05) is 19.0 Å². The highest BCUT2D eigenvalue weighted by atomic mass is 35.5. The SMILES string of the molecule is CO[C@H]1CN[C@@H](C(=O)Nc2cccc(C(N)(CCC3CC3)c3ccncc3)c2)C1.Cl. The smallest absolute Gasteiger partial charge is 0.241 e. The quantitative estimate of drug-likeness (QED) is 0.598. The third kappa shape index (κ3) is 5.19. The van der Waals surface area contributed by atoms with Crippen molar-refractivity contribution in [3.8, 4) is 0 Å². The van der Waals surface area contributed by atoms with Crippen molar-refractivity contribution in [2.24, 2.45) is 11.7 Å². The summed E-state index contributed by atoms with van der Waals surface area (Å²) in [5.74, 6) is 0.760.